The average molecular weight is 328 g/mol. The Morgan fingerprint density at radius 1 is 1.21 bits per heavy atom. The summed E-state index contributed by atoms with van der Waals surface area (Å²) >= 11 is 3.50. The first-order valence-corrected chi connectivity index (χ1v) is 8.09. The number of nitrogens with two attached hydrogens (primary N) is 1. The van der Waals surface area contributed by atoms with Gasteiger partial charge < -0.3 is 10.5 Å². The first-order valence-electron chi connectivity index (χ1n) is 7.30. The van der Waals surface area contributed by atoms with Crippen LogP contribution in [-0.2, 0) is 6.42 Å². The zero-order chi connectivity index (χ0) is 14.1. The maximum Gasteiger partial charge on any atom is 0.122 e. The Hall–Kier alpha value is -0.540. The van der Waals surface area contributed by atoms with Crippen molar-refractivity contribution in [2.75, 3.05) is 6.61 Å². The fraction of sp³-hybridized carbons (Fsp3) is 0.625. The number of ether oxygens (including phenoxy) is 1. The van der Waals surface area contributed by atoms with Crippen LogP contribution in [0.25, 0.3) is 0 Å². The van der Waals surface area contributed by atoms with Gasteiger partial charge in [0.25, 0.3) is 0 Å². The molecule has 0 aromatic heterocycles. The second-order valence-corrected chi connectivity index (χ2v) is 6.11. The monoisotopic (exact) mass is 327 g/mol. The van der Waals surface area contributed by atoms with E-state index >= 15 is 0 Å². The summed E-state index contributed by atoms with van der Waals surface area (Å²) in [6.45, 7) is 5.06. The Morgan fingerprint density at radius 2 is 1.95 bits per heavy atom. The molecule has 0 bridgehead atoms. The first kappa shape index (κ1) is 16.5. The summed E-state index contributed by atoms with van der Waals surface area (Å²) in [5.41, 5.74) is 7.07. The van der Waals surface area contributed by atoms with Crippen LogP contribution in [0.15, 0.2) is 22.7 Å². The van der Waals surface area contributed by atoms with Gasteiger partial charge in [0.2, 0.25) is 0 Å². The summed E-state index contributed by atoms with van der Waals surface area (Å²) in [6, 6.07) is 6.32. The standard InChI is InChI=1S/C16H26BrNO/c1-3-4-5-6-7-10-19-16-9-8-15(17)12-14(16)11-13(2)18/h8-9,12-13H,3-7,10-11,18H2,1-2H3. The van der Waals surface area contributed by atoms with Crippen molar-refractivity contribution >= 4 is 15.9 Å². The van der Waals surface area contributed by atoms with Crippen molar-refractivity contribution in [3.63, 3.8) is 0 Å². The Labute approximate surface area is 125 Å². The molecule has 0 amide bonds. The molecular formula is C16H26BrNO. The molecule has 0 saturated carbocycles. The third-order valence-corrected chi connectivity index (χ3v) is 3.56. The van der Waals surface area contributed by atoms with Crippen LogP contribution in [0.5, 0.6) is 5.75 Å². The lowest BCUT2D eigenvalue weighted by atomic mass is 10.1. The highest BCUT2D eigenvalue weighted by atomic mass is 79.9. The Balaban J connectivity index is 2.43. The van der Waals surface area contributed by atoms with Gasteiger partial charge >= 0.3 is 0 Å². The van der Waals surface area contributed by atoms with Gasteiger partial charge in [-0.05, 0) is 43.5 Å². The molecule has 1 unspecified atom stereocenters. The van der Waals surface area contributed by atoms with Crippen LogP contribution in [0.1, 0.15) is 51.5 Å². The lowest BCUT2D eigenvalue weighted by Gasteiger charge is -2.13. The quantitative estimate of drug-likeness (QED) is 0.668. The molecule has 2 N–H and O–H groups in total. The van der Waals surface area contributed by atoms with Crippen LogP contribution >= 0.6 is 15.9 Å². The lowest BCUT2D eigenvalue weighted by Crippen LogP contribution is -2.18. The van der Waals surface area contributed by atoms with Gasteiger partial charge in [-0.25, -0.2) is 0 Å². The van der Waals surface area contributed by atoms with Gasteiger partial charge in [0.1, 0.15) is 5.75 Å². The third-order valence-electron chi connectivity index (χ3n) is 3.07. The molecule has 0 heterocycles. The minimum atomic E-state index is 0.154. The molecular weight excluding hydrogens is 302 g/mol. The number of halogens is 1. The lowest BCUT2D eigenvalue weighted by molar-refractivity contribution is 0.301. The Morgan fingerprint density at radius 3 is 2.63 bits per heavy atom. The Kier molecular flexibility index (Phi) is 8.15. The summed E-state index contributed by atoms with van der Waals surface area (Å²) in [7, 11) is 0. The maximum atomic E-state index is 5.90. The predicted molar refractivity (Wildman–Crippen MR) is 85.7 cm³/mol. The van der Waals surface area contributed by atoms with Crippen molar-refractivity contribution in [1.29, 1.82) is 0 Å². The molecule has 1 aromatic carbocycles. The topological polar surface area (TPSA) is 35.2 Å². The van der Waals surface area contributed by atoms with E-state index in [1.165, 1.54) is 31.2 Å². The summed E-state index contributed by atoms with van der Waals surface area (Å²) in [5, 5.41) is 0. The molecule has 2 nitrogen and oxygen atoms in total. The van der Waals surface area contributed by atoms with E-state index in [4.69, 9.17) is 10.5 Å². The van der Waals surface area contributed by atoms with Gasteiger partial charge in [-0.3, -0.25) is 0 Å². The first-order chi connectivity index (χ1) is 9.13. The van der Waals surface area contributed by atoms with Crippen LogP contribution in [0, 0.1) is 0 Å². The van der Waals surface area contributed by atoms with Gasteiger partial charge in [0, 0.05) is 10.5 Å². The van der Waals surface area contributed by atoms with E-state index in [1.54, 1.807) is 0 Å². The zero-order valence-electron chi connectivity index (χ0n) is 12.1. The number of unbranched alkanes of at least 4 members (excludes halogenated alkanes) is 4. The van der Waals surface area contributed by atoms with Crippen molar-refractivity contribution in [3.05, 3.63) is 28.2 Å². The molecule has 1 rings (SSSR count). The normalized spacial score (nSPS) is 12.4. The van der Waals surface area contributed by atoms with Gasteiger partial charge in [0.15, 0.2) is 0 Å². The fourth-order valence-corrected chi connectivity index (χ4v) is 2.49. The molecule has 0 spiro atoms. The minimum Gasteiger partial charge on any atom is -0.493 e. The van der Waals surface area contributed by atoms with E-state index in [9.17, 15) is 0 Å². The molecule has 0 aliphatic carbocycles. The van der Waals surface area contributed by atoms with Crippen molar-refractivity contribution in [2.45, 2.75) is 58.4 Å². The highest BCUT2D eigenvalue weighted by Gasteiger charge is 2.07. The predicted octanol–water partition coefficient (Wildman–Crippen LogP) is 4.69. The maximum absolute atomic E-state index is 5.90. The molecule has 0 aliphatic rings. The van der Waals surface area contributed by atoms with Crippen molar-refractivity contribution in [3.8, 4) is 5.75 Å². The second kappa shape index (κ2) is 9.38. The summed E-state index contributed by atoms with van der Waals surface area (Å²) in [4.78, 5) is 0. The summed E-state index contributed by atoms with van der Waals surface area (Å²) in [5.74, 6) is 0.982. The van der Waals surface area contributed by atoms with E-state index in [2.05, 4.69) is 28.9 Å². The van der Waals surface area contributed by atoms with Crippen molar-refractivity contribution < 1.29 is 4.74 Å². The Bertz CT molecular complexity index is 366. The van der Waals surface area contributed by atoms with Crippen LogP contribution in [0.3, 0.4) is 0 Å². The molecule has 1 aromatic rings. The van der Waals surface area contributed by atoms with Crippen LogP contribution < -0.4 is 10.5 Å². The fourth-order valence-electron chi connectivity index (χ4n) is 2.08. The van der Waals surface area contributed by atoms with Crippen molar-refractivity contribution in [1.82, 2.24) is 0 Å². The van der Waals surface area contributed by atoms with Crippen LogP contribution in [0.2, 0.25) is 0 Å². The van der Waals surface area contributed by atoms with E-state index in [0.717, 1.165) is 29.7 Å². The molecule has 108 valence electrons. The van der Waals surface area contributed by atoms with E-state index in [-0.39, 0.29) is 6.04 Å². The van der Waals surface area contributed by atoms with Gasteiger partial charge in [-0.1, -0.05) is 48.5 Å². The van der Waals surface area contributed by atoms with Crippen molar-refractivity contribution in [2.24, 2.45) is 5.73 Å². The number of rotatable bonds is 9. The van der Waals surface area contributed by atoms with Crippen LogP contribution in [0.4, 0.5) is 0 Å². The number of hydrogen-bond acceptors (Lipinski definition) is 2. The summed E-state index contributed by atoms with van der Waals surface area (Å²) in [6.07, 6.45) is 7.17. The minimum absolute atomic E-state index is 0.154. The SMILES string of the molecule is CCCCCCCOc1ccc(Br)cc1CC(C)N. The highest BCUT2D eigenvalue weighted by molar-refractivity contribution is 9.10. The molecule has 19 heavy (non-hydrogen) atoms. The largest absolute Gasteiger partial charge is 0.493 e. The number of benzene rings is 1. The van der Waals surface area contributed by atoms with E-state index in [0.29, 0.717) is 0 Å². The molecule has 0 fully saturated rings. The zero-order valence-corrected chi connectivity index (χ0v) is 13.7. The van der Waals surface area contributed by atoms with E-state index in [1.807, 2.05) is 19.1 Å². The molecule has 0 aliphatic heterocycles. The van der Waals surface area contributed by atoms with Crippen LogP contribution in [-0.4, -0.2) is 12.6 Å². The molecule has 1 atom stereocenters. The smallest absolute Gasteiger partial charge is 0.122 e. The van der Waals surface area contributed by atoms with Gasteiger partial charge in [-0.2, -0.15) is 0 Å². The molecule has 0 saturated heterocycles. The van der Waals surface area contributed by atoms with Gasteiger partial charge in [-0.15, -0.1) is 0 Å². The second-order valence-electron chi connectivity index (χ2n) is 5.20. The summed E-state index contributed by atoms with van der Waals surface area (Å²) < 4.78 is 6.98. The molecule has 0 radical (unpaired) electrons. The van der Waals surface area contributed by atoms with Gasteiger partial charge in [0.05, 0.1) is 6.61 Å². The highest BCUT2D eigenvalue weighted by Crippen LogP contribution is 2.24. The number of hydrogen-bond donors (Lipinski definition) is 1. The third kappa shape index (κ3) is 6.98. The molecule has 3 heteroatoms. The average Bonchev–Trinajstić information content (AvgIpc) is 2.35. The van der Waals surface area contributed by atoms with E-state index < -0.39 is 0 Å².